The van der Waals surface area contributed by atoms with Crippen LogP contribution >= 0.6 is 22.7 Å². The summed E-state index contributed by atoms with van der Waals surface area (Å²) in [4.78, 5) is 9.73. The molecule has 0 bridgehead atoms. The quantitative estimate of drug-likeness (QED) is 0.325. The fourth-order valence-corrected chi connectivity index (χ4v) is 5.16. The van der Waals surface area contributed by atoms with Crippen LogP contribution in [0.25, 0.3) is 42.2 Å². The topological polar surface area (TPSA) is 25.8 Å². The maximum absolute atomic E-state index is 14.1. The lowest BCUT2D eigenvalue weighted by atomic mass is 10.1. The Balaban J connectivity index is 2.15. The zero-order valence-corrected chi connectivity index (χ0v) is 14.1. The van der Waals surface area contributed by atoms with E-state index in [1.165, 1.54) is 9.40 Å². The first-order valence-electron chi connectivity index (χ1n) is 7.28. The second-order valence-electron chi connectivity index (χ2n) is 5.75. The minimum Gasteiger partial charge on any atom is -0.243 e. The number of aromatic nitrogens is 2. The fourth-order valence-electron chi connectivity index (χ4n) is 3.17. The Morgan fingerprint density at radius 1 is 0.826 bits per heavy atom. The van der Waals surface area contributed by atoms with Crippen LogP contribution in [-0.4, -0.2) is 9.97 Å². The van der Waals surface area contributed by atoms with Gasteiger partial charge >= 0.3 is 0 Å². The van der Waals surface area contributed by atoms with E-state index in [1.807, 2.05) is 6.92 Å². The predicted molar refractivity (Wildman–Crippen MR) is 97.2 cm³/mol. The van der Waals surface area contributed by atoms with Gasteiger partial charge in [-0.05, 0) is 48.4 Å². The van der Waals surface area contributed by atoms with E-state index in [0.29, 0.717) is 11.1 Å². The van der Waals surface area contributed by atoms with Gasteiger partial charge in [-0.15, -0.1) is 22.7 Å². The van der Waals surface area contributed by atoms with Crippen molar-refractivity contribution in [3.63, 3.8) is 0 Å². The van der Waals surface area contributed by atoms with Gasteiger partial charge in [0.25, 0.3) is 0 Å². The molecule has 23 heavy (non-hydrogen) atoms. The summed E-state index contributed by atoms with van der Waals surface area (Å²) in [5, 5.41) is 6.42. The summed E-state index contributed by atoms with van der Waals surface area (Å²) in [6.45, 7) is 3.66. The van der Waals surface area contributed by atoms with Crippen LogP contribution < -0.4 is 0 Å². The zero-order valence-electron chi connectivity index (χ0n) is 12.5. The number of hydrogen-bond acceptors (Lipinski definition) is 4. The largest absolute Gasteiger partial charge is 0.243 e. The number of rotatable bonds is 0. The van der Waals surface area contributed by atoms with E-state index in [1.54, 1.807) is 35.7 Å². The molecule has 5 rings (SSSR count). The molecule has 5 heteroatoms. The van der Waals surface area contributed by atoms with Crippen LogP contribution in [0.15, 0.2) is 29.0 Å². The van der Waals surface area contributed by atoms with Gasteiger partial charge in [-0.1, -0.05) is 0 Å². The van der Waals surface area contributed by atoms with Gasteiger partial charge in [-0.3, -0.25) is 0 Å². The van der Waals surface area contributed by atoms with Crippen LogP contribution in [0.5, 0.6) is 0 Å². The molecular formula is C18H11FN2S2. The molecule has 0 aliphatic carbocycles. The molecule has 0 amide bonds. The van der Waals surface area contributed by atoms with Crippen LogP contribution in [-0.2, 0) is 0 Å². The minimum absolute atomic E-state index is 0.221. The Morgan fingerprint density at radius 2 is 1.39 bits per heavy atom. The highest BCUT2D eigenvalue weighted by molar-refractivity contribution is 7.25. The average molecular weight is 338 g/mol. The van der Waals surface area contributed by atoms with Crippen molar-refractivity contribution in [3.05, 3.63) is 45.9 Å². The van der Waals surface area contributed by atoms with Crippen molar-refractivity contribution in [2.45, 2.75) is 13.8 Å². The summed E-state index contributed by atoms with van der Waals surface area (Å²) in [6.07, 6.45) is 0. The van der Waals surface area contributed by atoms with Crippen LogP contribution in [0, 0.1) is 19.7 Å². The number of aryl methyl sites for hydroxylation is 2. The second kappa shape index (κ2) is 4.46. The van der Waals surface area contributed by atoms with Crippen molar-refractivity contribution in [1.82, 2.24) is 9.97 Å². The molecule has 0 fully saturated rings. The van der Waals surface area contributed by atoms with Gasteiger partial charge in [0, 0.05) is 16.3 Å². The lowest BCUT2D eigenvalue weighted by Crippen LogP contribution is -1.96. The number of hydrogen-bond donors (Lipinski definition) is 0. The molecule has 0 unspecified atom stereocenters. The molecule has 2 aromatic carbocycles. The molecule has 5 aromatic rings. The summed E-state index contributed by atoms with van der Waals surface area (Å²) >= 11 is 3.45. The third-order valence-electron chi connectivity index (χ3n) is 4.37. The van der Waals surface area contributed by atoms with Crippen molar-refractivity contribution < 1.29 is 4.39 Å². The first-order chi connectivity index (χ1) is 11.1. The highest BCUT2D eigenvalue weighted by Crippen LogP contribution is 2.40. The van der Waals surface area contributed by atoms with E-state index in [0.717, 1.165) is 32.9 Å². The van der Waals surface area contributed by atoms with E-state index in [-0.39, 0.29) is 5.82 Å². The standard InChI is InChI=1S/C18H11FN2S2/c1-8-7-12(19)9(2)14-13(8)20-15-10-3-5-22-17(10)18-11(4-6-23-18)16(15)21-14/h3-7H,1-2H3. The molecule has 2 nitrogen and oxygen atoms in total. The predicted octanol–water partition coefficient (Wildman–Crippen LogP) is 5.97. The second-order valence-corrected chi connectivity index (χ2v) is 7.58. The van der Waals surface area contributed by atoms with Gasteiger partial charge in [0.05, 0.1) is 31.5 Å². The van der Waals surface area contributed by atoms with Crippen LogP contribution in [0.1, 0.15) is 11.1 Å². The summed E-state index contributed by atoms with van der Waals surface area (Å²) in [5.41, 5.74) is 4.62. The van der Waals surface area contributed by atoms with Crippen molar-refractivity contribution in [1.29, 1.82) is 0 Å². The Morgan fingerprint density at radius 3 is 2.00 bits per heavy atom. The van der Waals surface area contributed by atoms with Crippen molar-refractivity contribution in [2.75, 3.05) is 0 Å². The van der Waals surface area contributed by atoms with Crippen molar-refractivity contribution in [2.24, 2.45) is 0 Å². The highest BCUT2D eigenvalue weighted by atomic mass is 32.1. The molecule has 0 saturated carbocycles. The molecule has 3 heterocycles. The van der Waals surface area contributed by atoms with Crippen molar-refractivity contribution >= 4 is 64.9 Å². The van der Waals surface area contributed by atoms with E-state index in [9.17, 15) is 4.39 Å². The SMILES string of the molecule is Cc1cc(F)c(C)c2nc3c4ccsc4c4sccc4c3nc12. The normalized spacial score (nSPS) is 12.1. The fraction of sp³-hybridized carbons (Fsp3) is 0.111. The molecule has 3 aromatic heterocycles. The van der Waals surface area contributed by atoms with Gasteiger partial charge in [-0.25, -0.2) is 14.4 Å². The van der Waals surface area contributed by atoms with Crippen LogP contribution in [0.4, 0.5) is 4.39 Å². The smallest absolute Gasteiger partial charge is 0.128 e. The average Bonchev–Trinajstić information content (AvgIpc) is 3.20. The molecule has 0 atom stereocenters. The van der Waals surface area contributed by atoms with Gasteiger partial charge in [-0.2, -0.15) is 0 Å². The van der Waals surface area contributed by atoms with Gasteiger partial charge in [0.15, 0.2) is 0 Å². The number of benzene rings is 2. The van der Waals surface area contributed by atoms with E-state index >= 15 is 0 Å². The third kappa shape index (κ3) is 1.66. The Hall–Kier alpha value is -2.11. The molecule has 0 N–H and O–H groups in total. The van der Waals surface area contributed by atoms with Crippen LogP contribution in [0.2, 0.25) is 0 Å². The Kier molecular flexibility index (Phi) is 2.59. The molecule has 0 saturated heterocycles. The maximum Gasteiger partial charge on any atom is 0.128 e. The van der Waals surface area contributed by atoms with Crippen molar-refractivity contribution in [3.8, 4) is 0 Å². The number of fused-ring (bicyclic) bond motifs is 7. The third-order valence-corrected chi connectivity index (χ3v) is 6.37. The lowest BCUT2D eigenvalue weighted by molar-refractivity contribution is 0.619. The summed E-state index contributed by atoms with van der Waals surface area (Å²) in [6, 6.07) is 5.74. The van der Waals surface area contributed by atoms with Gasteiger partial charge < -0.3 is 0 Å². The summed E-state index contributed by atoms with van der Waals surface area (Å²) < 4.78 is 16.6. The maximum atomic E-state index is 14.1. The Bertz CT molecular complexity index is 1250. The molecule has 0 aliphatic heterocycles. The lowest BCUT2D eigenvalue weighted by Gasteiger charge is -2.09. The highest BCUT2D eigenvalue weighted by Gasteiger charge is 2.16. The zero-order chi connectivity index (χ0) is 15.7. The Labute approximate surface area is 139 Å². The number of thiophene rings is 2. The molecule has 112 valence electrons. The molecule has 0 aliphatic rings. The number of halogens is 1. The van der Waals surface area contributed by atoms with E-state index in [2.05, 4.69) is 22.9 Å². The van der Waals surface area contributed by atoms with Gasteiger partial charge in [0.1, 0.15) is 5.82 Å². The van der Waals surface area contributed by atoms with E-state index in [4.69, 9.17) is 9.97 Å². The molecule has 0 radical (unpaired) electrons. The summed E-state index contributed by atoms with van der Waals surface area (Å²) in [5.74, 6) is -0.221. The van der Waals surface area contributed by atoms with Crippen LogP contribution in [0.3, 0.4) is 0 Å². The first-order valence-corrected chi connectivity index (χ1v) is 9.04. The minimum atomic E-state index is -0.221. The molecular weight excluding hydrogens is 327 g/mol. The number of nitrogens with zero attached hydrogens (tertiary/aromatic N) is 2. The van der Waals surface area contributed by atoms with E-state index < -0.39 is 0 Å². The monoisotopic (exact) mass is 338 g/mol. The van der Waals surface area contributed by atoms with Gasteiger partial charge in [0.2, 0.25) is 0 Å². The summed E-state index contributed by atoms with van der Waals surface area (Å²) in [7, 11) is 0. The first kappa shape index (κ1) is 13.3. The molecule has 0 spiro atoms.